The van der Waals surface area contributed by atoms with Crippen LogP contribution in [0.1, 0.15) is 18.4 Å². The van der Waals surface area contributed by atoms with Crippen LogP contribution in [0.15, 0.2) is 12.1 Å². The third-order valence-electron chi connectivity index (χ3n) is 2.35. The highest BCUT2D eigenvalue weighted by molar-refractivity contribution is 6.33. The number of rotatable bonds is 5. The molecule has 0 heterocycles. The topological polar surface area (TPSA) is 38.3 Å². The fourth-order valence-electron chi connectivity index (χ4n) is 1.34. The Kier molecular flexibility index (Phi) is 5.22. The molecule has 0 fully saturated rings. The molecule has 1 rings (SSSR count). The van der Waals surface area contributed by atoms with Crippen molar-refractivity contribution in [2.75, 3.05) is 19.0 Å². The van der Waals surface area contributed by atoms with Gasteiger partial charge in [-0.1, -0.05) is 11.6 Å². The van der Waals surface area contributed by atoms with Crippen molar-refractivity contribution in [2.45, 2.75) is 19.8 Å². The van der Waals surface area contributed by atoms with Crippen molar-refractivity contribution in [1.82, 2.24) is 0 Å². The van der Waals surface area contributed by atoms with E-state index in [-0.39, 0.29) is 11.8 Å². The standard InChI is InChI=1S/C12H15ClFNO2/c1-8-6-9(13)11(7-10(8)14)15-5-3-4-12(16)17-2/h6-7,15H,3-5H2,1-2H3. The van der Waals surface area contributed by atoms with Crippen molar-refractivity contribution < 1.29 is 13.9 Å². The molecule has 0 spiro atoms. The van der Waals surface area contributed by atoms with E-state index < -0.39 is 0 Å². The summed E-state index contributed by atoms with van der Waals surface area (Å²) >= 11 is 5.95. The maximum atomic E-state index is 13.3. The van der Waals surface area contributed by atoms with Gasteiger partial charge >= 0.3 is 5.97 Å². The average Bonchev–Trinajstić information content (AvgIpc) is 2.30. The second kappa shape index (κ2) is 6.45. The first-order valence-electron chi connectivity index (χ1n) is 5.31. The first-order chi connectivity index (χ1) is 8.04. The van der Waals surface area contributed by atoms with Crippen LogP contribution in [0.4, 0.5) is 10.1 Å². The van der Waals surface area contributed by atoms with Crippen LogP contribution in [0.3, 0.4) is 0 Å². The van der Waals surface area contributed by atoms with Gasteiger partial charge in [0.1, 0.15) is 5.82 Å². The van der Waals surface area contributed by atoms with Crippen molar-refractivity contribution in [3.8, 4) is 0 Å². The minimum Gasteiger partial charge on any atom is -0.469 e. The van der Waals surface area contributed by atoms with Crippen molar-refractivity contribution in [1.29, 1.82) is 0 Å². The fraction of sp³-hybridized carbons (Fsp3) is 0.417. The van der Waals surface area contributed by atoms with Crippen LogP contribution in [0.25, 0.3) is 0 Å². The molecule has 1 aromatic carbocycles. The molecule has 0 aromatic heterocycles. The molecule has 94 valence electrons. The van der Waals surface area contributed by atoms with Gasteiger partial charge in [0.2, 0.25) is 0 Å². The van der Waals surface area contributed by atoms with E-state index in [9.17, 15) is 9.18 Å². The Hall–Kier alpha value is -1.29. The van der Waals surface area contributed by atoms with Gasteiger partial charge < -0.3 is 10.1 Å². The van der Waals surface area contributed by atoms with Crippen molar-refractivity contribution in [3.63, 3.8) is 0 Å². The van der Waals surface area contributed by atoms with Gasteiger partial charge in [-0.3, -0.25) is 4.79 Å². The lowest BCUT2D eigenvalue weighted by Gasteiger charge is -2.09. The highest BCUT2D eigenvalue weighted by Gasteiger charge is 2.05. The van der Waals surface area contributed by atoms with E-state index >= 15 is 0 Å². The lowest BCUT2D eigenvalue weighted by Crippen LogP contribution is -2.07. The van der Waals surface area contributed by atoms with Crippen LogP contribution in [0.2, 0.25) is 5.02 Å². The zero-order valence-corrected chi connectivity index (χ0v) is 10.6. The van der Waals surface area contributed by atoms with E-state index in [0.29, 0.717) is 35.7 Å². The molecule has 0 aliphatic heterocycles. The second-order valence-corrected chi connectivity index (χ2v) is 4.09. The number of benzene rings is 1. The van der Waals surface area contributed by atoms with Crippen LogP contribution < -0.4 is 5.32 Å². The maximum Gasteiger partial charge on any atom is 0.305 e. The Morgan fingerprint density at radius 2 is 2.24 bits per heavy atom. The number of nitrogens with one attached hydrogen (secondary N) is 1. The summed E-state index contributed by atoms with van der Waals surface area (Å²) in [5.41, 5.74) is 1.05. The van der Waals surface area contributed by atoms with E-state index in [1.54, 1.807) is 13.0 Å². The monoisotopic (exact) mass is 259 g/mol. The number of halogens is 2. The van der Waals surface area contributed by atoms with E-state index in [1.165, 1.54) is 13.2 Å². The van der Waals surface area contributed by atoms with Gasteiger partial charge in [0.05, 0.1) is 17.8 Å². The Bertz CT molecular complexity index is 410. The molecule has 17 heavy (non-hydrogen) atoms. The van der Waals surface area contributed by atoms with Gasteiger partial charge in [-0.05, 0) is 31.0 Å². The number of ether oxygens (including phenoxy) is 1. The van der Waals surface area contributed by atoms with Gasteiger partial charge in [0.15, 0.2) is 0 Å². The number of carbonyl (C=O) groups excluding carboxylic acids is 1. The minimum atomic E-state index is -0.301. The maximum absolute atomic E-state index is 13.3. The van der Waals surface area contributed by atoms with Crippen molar-refractivity contribution in [2.24, 2.45) is 0 Å². The molecule has 3 nitrogen and oxygen atoms in total. The summed E-state index contributed by atoms with van der Waals surface area (Å²) in [4.78, 5) is 10.9. The fourth-order valence-corrected chi connectivity index (χ4v) is 1.62. The first kappa shape index (κ1) is 13.8. The summed E-state index contributed by atoms with van der Waals surface area (Å²) in [5, 5.41) is 3.45. The predicted molar refractivity (Wildman–Crippen MR) is 65.9 cm³/mol. The molecule has 0 aliphatic carbocycles. The Morgan fingerprint density at radius 1 is 1.53 bits per heavy atom. The summed E-state index contributed by atoms with van der Waals surface area (Å²) in [5.74, 6) is -0.558. The number of carbonyl (C=O) groups is 1. The van der Waals surface area contributed by atoms with E-state index in [2.05, 4.69) is 10.1 Å². The third-order valence-corrected chi connectivity index (χ3v) is 2.66. The number of hydrogen-bond acceptors (Lipinski definition) is 3. The van der Waals surface area contributed by atoms with Crippen LogP contribution in [-0.2, 0) is 9.53 Å². The van der Waals surface area contributed by atoms with E-state index in [4.69, 9.17) is 11.6 Å². The molecule has 0 atom stereocenters. The Balaban J connectivity index is 2.47. The van der Waals surface area contributed by atoms with Crippen LogP contribution in [0.5, 0.6) is 0 Å². The molecule has 0 bridgehead atoms. The van der Waals surface area contributed by atoms with Crippen molar-refractivity contribution >= 4 is 23.3 Å². The van der Waals surface area contributed by atoms with Crippen LogP contribution >= 0.6 is 11.6 Å². The molecular formula is C12H15ClFNO2. The summed E-state index contributed by atoms with van der Waals surface area (Å²) in [6.45, 7) is 2.19. The summed E-state index contributed by atoms with van der Waals surface area (Å²) in [6, 6.07) is 2.93. The molecular weight excluding hydrogens is 245 g/mol. The molecule has 0 radical (unpaired) electrons. The number of methoxy groups -OCH3 is 1. The van der Waals surface area contributed by atoms with Gasteiger partial charge in [0.25, 0.3) is 0 Å². The minimum absolute atomic E-state index is 0.256. The zero-order valence-electron chi connectivity index (χ0n) is 9.85. The second-order valence-electron chi connectivity index (χ2n) is 3.69. The van der Waals surface area contributed by atoms with Gasteiger partial charge in [0, 0.05) is 13.0 Å². The summed E-state index contributed by atoms with van der Waals surface area (Å²) in [6.07, 6.45) is 0.938. The number of esters is 1. The normalized spacial score (nSPS) is 10.1. The van der Waals surface area contributed by atoms with Crippen molar-refractivity contribution in [3.05, 3.63) is 28.5 Å². The van der Waals surface area contributed by atoms with E-state index in [1.807, 2.05) is 0 Å². The largest absolute Gasteiger partial charge is 0.469 e. The van der Waals surface area contributed by atoms with Gasteiger partial charge in [-0.2, -0.15) is 0 Å². The average molecular weight is 260 g/mol. The zero-order chi connectivity index (χ0) is 12.8. The molecule has 1 N–H and O–H groups in total. The molecule has 5 heteroatoms. The molecule has 0 saturated heterocycles. The molecule has 0 amide bonds. The van der Waals surface area contributed by atoms with Crippen LogP contribution in [-0.4, -0.2) is 19.6 Å². The van der Waals surface area contributed by atoms with Gasteiger partial charge in [-0.15, -0.1) is 0 Å². The molecule has 1 aromatic rings. The Labute approximate surface area is 105 Å². The van der Waals surface area contributed by atoms with Crippen LogP contribution in [0, 0.1) is 12.7 Å². The lowest BCUT2D eigenvalue weighted by atomic mass is 10.2. The number of hydrogen-bond donors (Lipinski definition) is 1. The quantitative estimate of drug-likeness (QED) is 0.652. The highest BCUT2D eigenvalue weighted by atomic mass is 35.5. The predicted octanol–water partition coefficient (Wildman–Crippen LogP) is 3.15. The lowest BCUT2D eigenvalue weighted by molar-refractivity contribution is -0.140. The Morgan fingerprint density at radius 3 is 2.88 bits per heavy atom. The SMILES string of the molecule is COC(=O)CCCNc1cc(F)c(C)cc1Cl. The summed E-state index contributed by atoms with van der Waals surface area (Å²) in [7, 11) is 1.35. The smallest absolute Gasteiger partial charge is 0.305 e. The number of aryl methyl sites for hydroxylation is 1. The molecule has 0 unspecified atom stereocenters. The molecule has 0 aliphatic rings. The summed E-state index contributed by atoms with van der Waals surface area (Å²) < 4.78 is 17.8. The third kappa shape index (κ3) is 4.23. The molecule has 0 saturated carbocycles. The highest BCUT2D eigenvalue weighted by Crippen LogP contribution is 2.25. The number of anilines is 1. The first-order valence-corrected chi connectivity index (χ1v) is 5.68. The van der Waals surface area contributed by atoms with E-state index in [0.717, 1.165) is 0 Å². The van der Waals surface area contributed by atoms with Gasteiger partial charge in [-0.25, -0.2) is 4.39 Å².